The van der Waals surface area contributed by atoms with Gasteiger partial charge in [0.25, 0.3) is 0 Å². The molecule has 3 heteroatoms. The fourth-order valence-corrected chi connectivity index (χ4v) is 1.82. The van der Waals surface area contributed by atoms with E-state index < -0.39 is 0 Å². The second kappa shape index (κ2) is 8.23. The third-order valence-corrected chi connectivity index (χ3v) is 2.92. The smallest absolute Gasteiger partial charge is 0.0791 e. The molecule has 0 fully saturated rings. The van der Waals surface area contributed by atoms with Gasteiger partial charge in [0.05, 0.1) is 6.10 Å². The van der Waals surface area contributed by atoms with Crippen LogP contribution in [0.5, 0.6) is 0 Å². The Balaban J connectivity index is 2.18. The molecule has 3 nitrogen and oxygen atoms in total. The highest BCUT2D eigenvalue weighted by Gasteiger charge is 2.07. The van der Waals surface area contributed by atoms with Crippen LogP contribution in [-0.4, -0.2) is 42.3 Å². The molecule has 0 aliphatic carbocycles. The van der Waals surface area contributed by atoms with E-state index in [1.807, 2.05) is 18.2 Å². The average molecular weight is 236 g/mol. The molecule has 0 aliphatic rings. The van der Waals surface area contributed by atoms with Crippen LogP contribution in [0.1, 0.15) is 19.4 Å². The predicted octanol–water partition coefficient (Wildman–Crippen LogP) is 1.48. The van der Waals surface area contributed by atoms with E-state index in [-0.39, 0.29) is 6.10 Å². The summed E-state index contributed by atoms with van der Waals surface area (Å²) in [6.07, 6.45) is -0.293. The molecule has 1 atom stereocenters. The van der Waals surface area contributed by atoms with Crippen LogP contribution < -0.4 is 5.32 Å². The van der Waals surface area contributed by atoms with Crippen molar-refractivity contribution >= 4 is 0 Å². The van der Waals surface area contributed by atoms with Crippen LogP contribution in [0.15, 0.2) is 30.3 Å². The van der Waals surface area contributed by atoms with Gasteiger partial charge in [0.15, 0.2) is 0 Å². The second-order valence-corrected chi connectivity index (χ2v) is 4.26. The summed E-state index contributed by atoms with van der Waals surface area (Å²) in [6.45, 7) is 8.43. The molecule has 1 unspecified atom stereocenters. The molecular weight excluding hydrogens is 212 g/mol. The molecule has 2 N–H and O–H groups in total. The predicted molar refractivity (Wildman–Crippen MR) is 71.9 cm³/mol. The van der Waals surface area contributed by atoms with E-state index in [9.17, 15) is 5.11 Å². The normalized spacial score (nSPS) is 12.9. The number of hydrogen-bond donors (Lipinski definition) is 2. The van der Waals surface area contributed by atoms with Crippen LogP contribution in [0.2, 0.25) is 0 Å². The Morgan fingerprint density at radius 2 is 1.82 bits per heavy atom. The van der Waals surface area contributed by atoms with Crippen LogP contribution in [0, 0.1) is 0 Å². The molecule has 0 aromatic heterocycles. The van der Waals surface area contributed by atoms with Crippen LogP contribution >= 0.6 is 0 Å². The first-order valence-electron chi connectivity index (χ1n) is 6.41. The summed E-state index contributed by atoms with van der Waals surface area (Å²) in [5.74, 6) is 0. The third-order valence-electron chi connectivity index (χ3n) is 2.92. The minimum absolute atomic E-state index is 0.293. The minimum Gasteiger partial charge on any atom is -0.390 e. The van der Waals surface area contributed by atoms with Gasteiger partial charge in [-0.15, -0.1) is 0 Å². The van der Waals surface area contributed by atoms with Gasteiger partial charge in [-0.25, -0.2) is 0 Å². The SMILES string of the molecule is CCN(CC)CC(O)CNCc1ccccc1. The molecular formula is C14H24N2O. The van der Waals surface area contributed by atoms with Crippen LogP contribution in [-0.2, 0) is 6.54 Å². The molecule has 0 heterocycles. The molecule has 96 valence electrons. The summed E-state index contributed by atoms with van der Waals surface area (Å²) in [5.41, 5.74) is 1.25. The van der Waals surface area contributed by atoms with Crippen molar-refractivity contribution in [1.82, 2.24) is 10.2 Å². The lowest BCUT2D eigenvalue weighted by Crippen LogP contribution is -2.38. The Kier molecular flexibility index (Phi) is 6.86. The highest BCUT2D eigenvalue weighted by molar-refractivity contribution is 5.14. The quantitative estimate of drug-likeness (QED) is 0.717. The molecule has 1 rings (SSSR count). The van der Waals surface area contributed by atoms with Crippen molar-refractivity contribution in [1.29, 1.82) is 0 Å². The monoisotopic (exact) mass is 236 g/mol. The average Bonchev–Trinajstić information content (AvgIpc) is 2.37. The molecule has 0 saturated carbocycles. The van der Waals surface area contributed by atoms with Gasteiger partial charge < -0.3 is 15.3 Å². The first-order valence-corrected chi connectivity index (χ1v) is 6.41. The highest BCUT2D eigenvalue weighted by Crippen LogP contribution is 1.97. The van der Waals surface area contributed by atoms with Gasteiger partial charge >= 0.3 is 0 Å². The fourth-order valence-electron chi connectivity index (χ4n) is 1.82. The summed E-state index contributed by atoms with van der Waals surface area (Å²) in [6, 6.07) is 10.2. The lowest BCUT2D eigenvalue weighted by Gasteiger charge is -2.22. The number of nitrogens with one attached hydrogen (secondary N) is 1. The zero-order chi connectivity index (χ0) is 12.5. The van der Waals surface area contributed by atoms with Crippen LogP contribution in [0.4, 0.5) is 0 Å². The van der Waals surface area contributed by atoms with E-state index >= 15 is 0 Å². The summed E-state index contributed by atoms with van der Waals surface area (Å²) in [5, 5.41) is 13.1. The topological polar surface area (TPSA) is 35.5 Å². The largest absolute Gasteiger partial charge is 0.390 e. The van der Waals surface area contributed by atoms with Crippen molar-refractivity contribution in [2.45, 2.75) is 26.5 Å². The van der Waals surface area contributed by atoms with E-state index in [0.717, 1.165) is 26.2 Å². The maximum Gasteiger partial charge on any atom is 0.0791 e. The Hall–Kier alpha value is -0.900. The third kappa shape index (κ3) is 5.82. The molecule has 1 aromatic carbocycles. The van der Waals surface area contributed by atoms with Gasteiger partial charge in [0.1, 0.15) is 0 Å². The molecule has 0 amide bonds. The maximum absolute atomic E-state index is 9.86. The van der Waals surface area contributed by atoms with Crippen molar-refractivity contribution < 1.29 is 5.11 Å². The number of likely N-dealkylation sites (N-methyl/N-ethyl adjacent to an activating group) is 1. The first kappa shape index (κ1) is 14.2. The van der Waals surface area contributed by atoms with E-state index in [4.69, 9.17) is 0 Å². The number of rotatable bonds is 8. The number of hydrogen-bond acceptors (Lipinski definition) is 3. The second-order valence-electron chi connectivity index (χ2n) is 4.26. The standard InChI is InChI=1S/C14H24N2O/c1-3-16(4-2)12-14(17)11-15-10-13-8-6-5-7-9-13/h5-9,14-15,17H,3-4,10-12H2,1-2H3. The summed E-state index contributed by atoms with van der Waals surface area (Å²) in [7, 11) is 0. The van der Waals surface area contributed by atoms with E-state index in [2.05, 4.69) is 36.2 Å². The molecule has 0 spiro atoms. The number of benzene rings is 1. The maximum atomic E-state index is 9.86. The van der Waals surface area contributed by atoms with Crippen molar-refractivity contribution in [3.05, 3.63) is 35.9 Å². The van der Waals surface area contributed by atoms with Gasteiger partial charge in [0, 0.05) is 19.6 Å². The minimum atomic E-state index is -0.293. The van der Waals surface area contributed by atoms with Crippen molar-refractivity contribution in [3.8, 4) is 0 Å². The van der Waals surface area contributed by atoms with Crippen molar-refractivity contribution in [2.24, 2.45) is 0 Å². The zero-order valence-corrected chi connectivity index (χ0v) is 10.9. The van der Waals surface area contributed by atoms with Gasteiger partial charge in [-0.1, -0.05) is 44.2 Å². The summed E-state index contributed by atoms with van der Waals surface area (Å²) in [4.78, 5) is 2.23. The first-order chi connectivity index (χ1) is 8.26. The molecule has 0 saturated heterocycles. The number of aliphatic hydroxyl groups excluding tert-OH is 1. The van der Waals surface area contributed by atoms with Crippen molar-refractivity contribution in [3.63, 3.8) is 0 Å². The molecule has 1 aromatic rings. The summed E-state index contributed by atoms with van der Waals surface area (Å²) < 4.78 is 0. The lowest BCUT2D eigenvalue weighted by molar-refractivity contribution is 0.116. The van der Waals surface area contributed by atoms with Crippen LogP contribution in [0.3, 0.4) is 0 Å². The number of aliphatic hydroxyl groups is 1. The molecule has 0 radical (unpaired) electrons. The van der Waals surface area contributed by atoms with E-state index in [0.29, 0.717) is 6.54 Å². The Labute approximate surface area is 104 Å². The van der Waals surface area contributed by atoms with Gasteiger partial charge in [0.2, 0.25) is 0 Å². The van der Waals surface area contributed by atoms with Gasteiger partial charge in [-0.2, -0.15) is 0 Å². The Morgan fingerprint density at radius 3 is 2.41 bits per heavy atom. The van der Waals surface area contributed by atoms with Crippen LogP contribution in [0.25, 0.3) is 0 Å². The zero-order valence-electron chi connectivity index (χ0n) is 10.9. The molecule has 0 aliphatic heterocycles. The van der Waals surface area contributed by atoms with Crippen molar-refractivity contribution in [2.75, 3.05) is 26.2 Å². The van der Waals surface area contributed by atoms with E-state index in [1.54, 1.807) is 0 Å². The summed E-state index contributed by atoms with van der Waals surface area (Å²) >= 11 is 0. The fraction of sp³-hybridized carbons (Fsp3) is 0.571. The number of nitrogens with zero attached hydrogens (tertiary/aromatic N) is 1. The molecule has 0 bridgehead atoms. The van der Waals surface area contributed by atoms with Gasteiger partial charge in [-0.05, 0) is 18.7 Å². The highest BCUT2D eigenvalue weighted by atomic mass is 16.3. The molecule has 17 heavy (non-hydrogen) atoms. The lowest BCUT2D eigenvalue weighted by atomic mass is 10.2. The Morgan fingerprint density at radius 1 is 1.18 bits per heavy atom. The van der Waals surface area contributed by atoms with Gasteiger partial charge in [-0.3, -0.25) is 0 Å². The van der Waals surface area contributed by atoms with E-state index in [1.165, 1.54) is 5.56 Å². The Bertz CT molecular complexity index is 286.